The first kappa shape index (κ1) is 12.8. The highest BCUT2D eigenvalue weighted by Crippen LogP contribution is 2.35. The van der Waals surface area contributed by atoms with E-state index >= 15 is 0 Å². The van der Waals surface area contributed by atoms with Crippen LogP contribution in [0.5, 0.6) is 0 Å². The van der Waals surface area contributed by atoms with E-state index in [1.807, 2.05) is 0 Å². The molecule has 0 unspecified atom stereocenters. The summed E-state index contributed by atoms with van der Waals surface area (Å²) in [7, 11) is 0. The number of alkyl halides is 5. The predicted octanol–water partition coefficient (Wildman–Crippen LogP) is 2.81. The van der Waals surface area contributed by atoms with Gasteiger partial charge in [-0.15, -0.1) is 0 Å². The number of rotatable bonds is 2. The highest BCUT2D eigenvalue weighted by atomic mass is 19.4. The van der Waals surface area contributed by atoms with Crippen LogP contribution in [0.2, 0.25) is 0 Å². The van der Waals surface area contributed by atoms with Crippen molar-refractivity contribution in [1.29, 1.82) is 0 Å². The van der Waals surface area contributed by atoms with Crippen molar-refractivity contribution in [2.24, 2.45) is 5.73 Å². The van der Waals surface area contributed by atoms with Gasteiger partial charge in [-0.05, 0) is 18.6 Å². The molecule has 0 saturated heterocycles. The van der Waals surface area contributed by atoms with Gasteiger partial charge >= 0.3 is 6.18 Å². The van der Waals surface area contributed by atoms with Crippen LogP contribution in [-0.2, 0) is 12.7 Å². The largest absolute Gasteiger partial charge is 0.418 e. The molecule has 0 aliphatic heterocycles. The lowest BCUT2D eigenvalue weighted by Crippen LogP contribution is -2.17. The van der Waals surface area contributed by atoms with Crippen LogP contribution in [-0.4, -0.2) is 4.98 Å². The Bertz CT molecular complexity index is 386. The monoisotopic (exact) mass is 240 g/mol. The molecule has 0 saturated carbocycles. The van der Waals surface area contributed by atoms with E-state index in [2.05, 4.69) is 4.98 Å². The van der Waals surface area contributed by atoms with Crippen LogP contribution in [0.15, 0.2) is 6.07 Å². The maximum absolute atomic E-state index is 12.5. The summed E-state index contributed by atoms with van der Waals surface area (Å²) in [6.45, 7) is 0.575. The standard InChI is InChI=1S/C9H9F5N2/c1-4-2-5(8(10)11)16-6(3-15)7(4)9(12,13)14/h2,8H,3,15H2,1H3. The van der Waals surface area contributed by atoms with Crippen molar-refractivity contribution in [3.8, 4) is 0 Å². The molecule has 0 aliphatic rings. The Labute approximate surface area is 88.3 Å². The molecule has 2 N–H and O–H groups in total. The van der Waals surface area contributed by atoms with E-state index in [9.17, 15) is 22.0 Å². The molecule has 7 heteroatoms. The third kappa shape index (κ3) is 2.46. The molecule has 0 radical (unpaired) electrons. The fourth-order valence-electron chi connectivity index (χ4n) is 1.41. The third-order valence-corrected chi connectivity index (χ3v) is 2.01. The van der Waals surface area contributed by atoms with Crippen molar-refractivity contribution in [1.82, 2.24) is 4.98 Å². The number of aryl methyl sites for hydroxylation is 1. The fraction of sp³-hybridized carbons (Fsp3) is 0.444. The second-order valence-corrected chi connectivity index (χ2v) is 3.19. The van der Waals surface area contributed by atoms with Crippen molar-refractivity contribution in [2.45, 2.75) is 26.1 Å². The number of pyridine rings is 1. The zero-order valence-corrected chi connectivity index (χ0v) is 8.28. The normalized spacial score (nSPS) is 12.2. The molecule has 1 rings (SSSR count). The summed E-state index contributed by atoms with van der Waals surface area (Å²) in [6, 6.07) is 0.729. The van der Waals surface area contributed by atoms with Gasteiger partial charge in [-0.2, -0.15) is 13.2 Å². The van der Waals surface area contributed by atoms with Crippen molar-refractivity contribution in [3.63, 3.8) is 0 Å². The minimum Gasteiger partial charge on any atom is -0.325 e. The third-order valence-electron chi connectivity index (χ3n) is 2.01. The zero-order valence-electron chi connectivity index (χ0n) is 8.28. The van der Waals surface area contributed by atoms with Gasteiger partial charge < -0.3 is 5.73 Å². The van der Waals surface area contributed by atoms with E-state index in [1.165, 1.54) is 0 Å². The van der Waals surface area contributed by atoms with Gasteiger partial charge in [0.2, 0.25) is 0 Å². The smallest absolute Gasteiger partial charge is 0.325 e. The van der Waals surface area contributed by atoms with Gasteiger partial charge in [-0.1, -0.05) is 0 Å². The Balaban J connectivity index is 3.41. The Morgan fingerprint density at radius 3 is 2.31 bits per heavy atom. The number of halogens is 5. The average molecular weight is 240 g/mol. The molecule has 0 aliphatic carbocycles. The fourth-order valence-corrected chi connectivity index (χ4v) is 1.41. The SMILES string of the molecule is Cc1cc(C(F)F)nc(CN)c1C(F)(F)F. The molecule has 16 heavy (non-hydrogen) atoms. The van der Waals surface area contributed by atoms with Crippen molar-refractivity contribution in [2.75, 3.05) is 0 Å². The Morgan fingerprint density at radius 2 is 1.94 bits per heavy atom. The molecule has 0 spiro atoms. The van der Waals surface area contributed by atoms with Crippen molar-refractivity contribution in [3.05, 3.63) is 28.6 Å². The topological polar surface area (TPSA) is 38.9 Å². The van der Waals surface area contributed by atoms with Crippen LogP contribution in [0.25, 0.3) is 0 Å². The summed E-state index contributed by atoms with van der Waals surface area (Å²) >= 11 is 0. The average Bonchev–Trinajstić information content (AvgIpc) is 2.14. The van der Waals surface area contributed by atoms with Crippen LogP contribution in [0.3, 0.4) is 0 Å². The van der Waals surface area contributed by atoms with Gasteiger partial charge in [0, 0.05) is 6.54 Å². The summed E-state index contributed by atoms with van der Waals surface area (Å²) in [6.07, 6.45) is -7.54. The maximum atomic E-state index is 12.5. The van der Waals surface area contributed by atoms with E-state index in [4.69, 9.17) is 5.73 Å². The first-order valence-corrected chi connectivity index (χ1v) is 4.33. The van der Waals surface area contributed by atoms with E-state index in [0.717, 1.165) is 13.0 Å². The van der Waals surface area contributed by atoms with Crippen LogP contribution in [0.1, 0.15) is 28.9 Å². The molecule has 1 aromatic rings. The van der Waals surface area contributed by atoms with Crippen LogP contribution >= 0.6 is 0 Å². The molecule has 1 heterocycles. The quantitative estimate of drug-likeness (QED) is 0.807. The first-order chi connectivity index (χ1) is 7.27. The molecule has 0 aromatic carbocycles. The Morgan fingerprint density at radius 1 is 1.38 bits per heavy atom. The molecule has 2 nitrogen and oxygen atoms in total. The zero-order chi connectivity index (χ0) is 12.5. The lowest BCUT2D eigenvalue weighted by Gasteiger charge is -2.15. The lowest BCUT2D eigenvalue weighted by molar-refractivity contribution is -0.139. The highest BCUT2D eigenvalue weighted by molar-refractivity contribution is 5.34. The number of hydrogen-bond acceptors (Lipinski definition) is 2. The maximum Gasteiger partial charge on any atom is 0.418 e. The Hall–Kier alpha value is -1.24. The van der Waals surface area contributed by atoms with E-state index in [0.29, 0.717) is 0 Å². The lowest BCUT2D eigenvalue weighted by atomic mass is 10.1. The number of hydrogen-bond donors (Lipinski definition) is 1. The molecule has 0 fully saturated rings. The second-order valence-electron chi connectivity index (χ2n) is 3.19. The van der Waals surface area contributed by atoms with Crippen molar-refractivity contribution < 1.29 is 22.0 Å². The Kier molecular flexibility index (Phi) is 3.47. The number of nitrogens with zero attached hydrogens (tertiary/aromatic N) is 1. The molecule has 90 valence electrons. The van der Waals surface area contributed by atoms with Crippen LogP contribution in [0.4, 0.5) is 22.0 Å². The highest BCUT2D eigenvalue weighted by Gasteiger charge is 2.36. The molecule has 0 amide bonds. The van der Waals surface area contributed by atoms with Gasteiger partial charge in [0.15, 0.2) is 0 Å². The summed E-state index contributed by atoms with van der Waals surface area (Å²) in [5.41, 5.74) is 2.51. The number of aromatic nitrogens is 1. The minimum atomic E-state index is -4.63. The van der Waals surface area contributed by atoms with E-state index in [-0.39, 0.29) is 5.56 Å². The minimum absolute atomic E-state index is 0.293. The molecule has 1 aromatic heterocycles. The van der Waals surface area contributed by atoms with Crippen LogP contribution < -0.4 is 5.73 Å². The van der Waals surface area contributed by atoms with Gasteiger partial charge in [0.25, 0.3) is 6.43 Å². The van der Waals surface area contributed by atoms with Gasteiger partial charge in [-0.3, -0.25) is 0 Å². The van der Waals surface area contributed by atoms with Crippen LogP contribution in [0, 0.1) is 6.92 Å². The molecular weight excluding hydrogens is 231 g/mol. The number of nitrogens with two attached hydrogens (primary N) is 1. The summed E-state index contributed by atoms with van der Waals surface area (Å²) in [4.78, 5) is 3.22. The van der Waals surface area contributed by atoms with E-state index in [1.54, 1.807) is 0 Å². The summed E-state index contributed by atoms with van der Waals surface area (Å²) in [5.74, 6) is 0. The van der Waals surface area contributed by atoms with Gasteiger partial charge in [0.1, 0.15) is 5.69 Å². The summed E-state index contributed by atoms with van der Waals surface area (Å²) in [5, 5.41) is 0. The molecule has 0 bridgehead atoms. The van der Waals surface area contributed by atoms with Crippen molar-refractivity contribution >= 4 is 0 Å². The van der Waals surface area contributed by atoms with E-state index < -0.39 is 36.1 Å². The predicted molar refractivity (Wildman–Crippen MR) is 46.8 cm³/mol. The second kappa shape index (κ2) is 4.32. The summed E-state index contributed by atoms with van der Waals surface area (Å²) < 4.78 is 62.3. The van der Waals surface area contributed by atoms with Gasteiger partial charge in [0.05, 0.1) is 11.3 Å². The molecular formula is C9H9F5N2. The first-order valence-electron chi connectivity index (χ1n) is 4.33. The van der Waals surface area contributed by atoms with Gasteiger partial charge in [-0.25, -0.2) is 13.8 Å². The molecule has 0 atom stereocenters.